The zero-order chi connectivity index (χ0) is 10.1. The largest absolute Gasteiger partial charge is 0.364 e. The molecule has 0 saturated heterocycles. The predicted molar refractivity (Wildman–Crippen MR) is 55.0 cm³/mol. The van der Waals surface area contributed by atoms with E-state index in [0.29, 0.717) is 0 Å². The molecule has 15 heavy (non-hydrogen) atoms. The quantitative estimate of drug-likeness (QED) is 0.600. The molecule has 0 saturated carbocycles. The Bertz CT molecular complexity index is 589. The summed E-state index contributed by atoms with van der Waals surface area (Å²) in [4.78, 5) is 7.96. The van der Waals surface area contributed by atoms with Gasteiger partial charge in [-0.2, -0.15) is 0 Å². The second-order valence-electron chi connectivity index (χ2n) is 3.22. The van der Waals surface area contributed by atoms with Gasteiger partial charge in [-0.25, -0.2) is 9.97 Å². The summed E-state index contributed by atoms with van der Waals surface area (Å²) < 4.78 is 4.87. The van der Waals surface area contributed by atoms with Crippen LogP contribution in [0.3, 0.4) is 0 Å². The number of hydrogen-bond acceptors (Lipinski definition) is 4. The summed E-state index contributed by atoms with van der Waals surface area (Å²) in [5.41, 5.74) is 2.91. The van der Waals surface area contributed by atoms with Gasteiger partial charge in [0, 0.05) is 23.3 Å². The molecule has 0 aliphatic heterocycles. The number of hydrogen-bond donors (Lipinski definition) is 0. The van der Waals surface area contributed by atoms with E-state index in [4.69, 9.17) is 4.52 Å². The summed E-state index contributed by atoms with van der Waals surface area (Å²) in [5, 5.41) is 4.83. The molecule has 3 rings (SSSR count). The first-order chi connectivity index (χ1) is 7.43. The van der Waals surface area contributed by atoms with Crippen molar-refractivity contribution in [3.8, 4) is 11.1 Å². The Labute approximate surface area is 85.6 Å². The summed E-state index contributed by atoms with van der Waals surface area (Å²) in [7, 11) is 0. The van der Waals surface area contributed by atoms with E-state index in [1.807, 2.05) is 18.2 Å². The first kappa shape index (κ1) is 8.11. The van der Waals surface area contributed by atoms with Gasteiger partial charge in [0.05, 0.1) is 0 Å². The molecule has 0 aliphatic carbocycles. The van der Waals surface area contributed by atoms with Crippen LogP contribution in [0.25, 0.3) is 22.0 Å². The van der Waals surface area contributed by atoms with Crippen LogP contribution < -0.4 is 0 Å². The SMILES string of the molecule is c1ncc(-c2ccc3nocc3c2)cn1. The third-order valence-electron chi connectivity index (χ3n) is 2.25. The minimum Gasteiger partial charge on any atom is -0.364 e. The van der Waals surface area contributed by atoms with Gasteiger partial charge >= 0.3 is 0 Å². The van der Waals surface area contributed by atoms with E-state index in [2.05, 4.69) is 15.1 Å². The lowest BCUT2D eigenvalue weighted by Crippen LogP contribution is -1.81. The first-order valence-corrected chi connectivity index (χ1v) is 4.53. The normalized spacial score (nSPS) is 10.7. The van der Waals surface area contributed by atoms with Crippen LogP contribution in [0.4, 0.5) is 0 Å². The highest BCUT2D eigenvalue weighted by Crippen LogP contribution is 2.22. The summed E-state index contributed by atoms with van der Waals surface area (Å²) >= 11 is 0. The average molecular weight is 197 g/mol. The van der Waals surface area contributed by atoms with Crippen molar-refractivity contribution in [3.05, 3.63) is 43.2 Å². The highest BCUT2D eigenvalue weighted by Gasteiger charge is 2.01. The van der Waals surface area contributed by atoms with E-state index in [0.717, 1.165) is 22.0 Å². The second-order valence-corrected chi connectivity index (χ2v) is 3.22. The summed E-state index contributed by atoms with van der Waals surface area (Å²) in [6.45, 7) is 0. The Morgan fingerprint density at radius 2 is 1.87 bits per heavy atom. The lowest BCUT2D eigenvalue weighted by atomic mass is 10.1. The van der Waals surface area contributed by atoms with E-state index < -0.39 is 0 Å². The Kier molecular flexibility index (Phi) is 1.71. The van der Waals surface area contributed by atoms with Crippen molar-refractivity contribution in [1.29, 1.82) is 0 Å². The molecule has 0 amide bonds. The maximum Gasteiger partial charge on any atom is 0.131 e. The van der Waals surface area contributed by atoms with Crippen LogP contribution in [0.5, 0.6) is 0 Å². The molecule has 0 radical (unpaired) electrons. The first-order valence-electron chi connectivity index (χ1n) is 4.53. The van der Waals surface area contributed by atoms with Gasteiger partial charge in [-0.3, -0.25) is 0 Å². The molecule has 2 aromatic heterocycles. The molecule has 72 valence electrons. The summed E-state index contributed by atoms with van der Waals surface area (Å²) in [6, 6.07) is 5.90. The van der Waals surface area contributed by atoms with Gasteiger partial charge in [0.1, 0.15) is 18.1 Å². The monoisotopic (exact) mass is 197 g/mol. The molecule has 3 aromatic rings. The third-order valence-corrected chi connectivity index (χ3v) is 2.25. The zero-order valence-electron chi connectivity index (χ0n) is 7.79. The molecule has 0 unspecified atom stereocenters. The molecule has 2 heterocycles. The van der Waals surface area contributed by atoms with Crippen LogP contribution in [0.2, 0.25) is 0 Å². The van der Waals surface area contributed by atoms with E-state index in [1.54, 1.807) is 18.7 Å². The maximum absolute atomic E-state index is 4.87. The fourth-order valence-electron chi connectivity index (χ4n) is 1.50. The number of nitrogens with zero attached hydrogens (tertiary/aromatic N) is 3. The van der Waals surface area contributed by atoms with Gasteiger partial charge < -0.3 is 4.52 Å². The predicted octanol–water partition coefficient (Wildman–Crippen LogP) is 2.28. The van der Waals surface area contributed by atoms with E-state index >= 15 is 0 Å². The molecular formula is C11H7N3O. The number of aromatic nitrogens is 3. The molecule has 0 aliphatic rings. The van der Waals surface area contributed by atoms with Gasteiger partial charge in [0.15, 0.2) is 0 Å². The molecule has 0 bridgehead atoms. The van der Waals surface area contributed by atoms with Gasteiger partial charge in [-0.1, -0.05) is 11.2 Å². The van der Waals surface area contributed by atoms with E-state index in [9.17, 15) is 0 Å². The average Bonchev–Trinajstić information content (AvgIpc) is 2.77. The van der Waals surface area contributed by atoms with Gasteiger partial charge in [0.2, 0.25) is 0 Å². The molecule has 0 spiro atoms. The number of benzene rings is 1. The third kappa shape index (κ3) is 1.36. The van der Waals surface area contributed by atoms with Crippen molar-refractivity contribution < 1.29 is 4.52 Å². The summed E-state index contributed by atoms with van der Waals surface area (Å²) in [5.74, 6) is 0. The lowest BCUT2D eigenvalue weighted by Gasteiger charge is -1.98. The topological polar surface area (TPSA) is 51.8 Å². The highest BCUT2D eigenvalue weighted by atomic mass is 16.5. The standard InChI is InChI=1S/C11H7N3O/c1-2-11-9(6-15-14-11)3-8(1)10-4-12-7-13-5-10/h1-7H. The molecule has 4 heteroatoms. The number of fused-ring (bicyclic) bond motifs is 1. The fraction of sp³-hybridized carbons (Fsp3) is 0. The van der Waals surface area contributed by atoms with Crippen LogP contribution in [-0.4, -0.2) is 15.1 Å². The molecule has 4 nitrogen and oxygen atoms in total. The minimum absolute atomic E-state index is 0.857. The Morgan fingerprint density at radius 1 is 1.00 bits per heavy atom. The van der Waals surface area contributed by atoms with Gasteiger partial charge in [0.25, 0.3) is 0 Å². The van der Waals surface area contributed by atoms with Crippen molar-refractivity contribution in [2.45, 2.75) is 0 Å². The molecule has 0 fully saturated rings. The van der Waals surface area contributed by atoms with Crippen LogP contribution in [0, 0.1) is 0 Å². The van der Waals surface area contributed by atoms with Gasteiger partial charge in [-0.15, -0.1) is 0 Å². The van der Waals surface area contributed by atoms with Gasteiger partial charge in [-0.05, 0) is 17.7 Å². The van der Waals surface area contributed by atoms with Crippen LogP contribution in [0.1, 0.15) is 0 Å². The molecule has 0 atom stereocenters. The van der Waals surface area contributed by atoms with Crippen LogP contribution in [0.15, 0.2) is 47.7 Å². The van der Waals surface area contributed by atoms with Crippen molar-refractivity contribution in [2.24, 2.45) is 0 Å². The molecule has 0 N–H and O–H groups in total. The van der Waals surface area contributed by atoms with E-state index in [1.165, 1.54) is 6.33 Å². The highest BCUT2D eigenvalue weighted by molar-refractivity contribution is 5.83. The Balaban J connectivity index is 2.19. The van der Waals surface area contributed by atoms with Crippen molar-refractivity contribution in [3.63, 3.8) is 0 Å². The minimum atomic E-state index is 0.857. The van der Waals surface area contributed by atoms with E-state index in [-0.39, 0.29) is 0 Å². The van der Waals surface area contributed by atoms with Crippen LogP contribution >= 0.6 is 0 Å². The Morgan fingerprint density at radius 3 is 2.73 bits per heavy atom. The number of rotatable bonds is 1. The molecular weight excluding hydrogens is 190 g/mol. The zero-order valence-corrected chi connectivity index (χ0v) is 7.79. The van der Waals surface area contributed by atoms with Crippen molar-refractivity contribution >= 4 is 10.9 Å². The molecule has 1 aromatic carbocycles. The maximum atomic E-state index is 4.87. The van der Waals surface area contributed by atoms with Crippen molar-refractivity contribution in [2.75, 3.05) is 0 Å². The lowest BCUT2D eigenvalue weighted by molar-refractivity contribution is 0.428. The smallest absolute Gasteiger partial charge is 0.131 e. The fourth-order valence-corrected chi connectivity index (χ4v) is 1.50. The van der Waals surface area contributed by atoms with Crippen molar-refractivity contribution in [1.82, 2.24) is 15.1 Å². The summed E-state index contributed by atoms with van der Waals surface area (Å²) in [6.07, 6.45) is 6.70. The van der Waals surface area contributed by atoms with Crippen LogP contribution in [-0.2, 0) is 0 Å². The second kappa shape index (κ2) is 3.16. The Hall–Kier alpha value is -2.23.